The number of piperazine rings is 1. The highest BCUT2D eigenvalue weighted by atomic mass is 35.5. The molecule has 2 aliphatic rings. The van der Waals surface area contributed by atoms with E-state index in [9.17, 15) is 9.59 Å². The molecule has 2 heterocycles. The number of esters is 1. The van der Waals surface area contributed by atoms with Crippen molar-refractivity contribution in [3.63, 3.8) is 0 Å². The summed E-state index contributed by atoms with van der Waals surface area (Å²) in [6, 6.07) is 6.18. The fraction of sp³-hybridized carbons (Fsp3) is 0.429. The lowest BCUT2D eigenvalue weighted by Gasteiger charge is -2.36. The normalized spacial score (nSPS) is 20.8. The number of hydrogen-bond acceptors (Lipinski definition) is 5. The van der Waals surface area contributed by atoms with Crippen molar-refractivity contribution in [1.29, 1.82) is 0 Å². The molecule has 1 saturated heterocycles. The van der Waals surface area contributed by atoms with E-state index in [1.165, 1.54) is 0 Å². The summed E-state index contributed by atoms with van der Waals surface area (Å²) in [5, 5.41) is 6.13. The van der Waals surface area contributed by atoms with Gasteiger partial charge in [0.2, 0.25) is 0 Å². The molecule has 8 heteroatoms. The van der Waals surface area contributed by atoms with E-state index in [0.29, 0.717) is 28.4 Å². The van der Waals surface area contributed by atoms with Crippen LogP contribution in [0.5, 0.6) is 0 Å². The summed E-state index contributed by atoms with van der Waals surface area (Å²) < 4.78 is 5.31. The topological polar surface area (TPSA) is 73.9 Å². The minimum atomic E-state index is -0.659. The van der Waals surface area contributed by atoms with Crippen molar-refractivity contribution in [3.8, 4) is 0 Å². The number of carbonyl (C=O) groups is 2. The minimum Gasteiger partial charge on any atom is -0.463 e. The van der Waals surface area contributed by atoms with Gasteiger partial charge < -0.3 is 15.4 Å². The molecule has 156 valence electrons. The van der Waals surface area contributed by atoms with E-state index in [2.05, 4.69) is 27.0 Å². The summed E-state index contributed by atoms with van der Waals surface area (Å²) in [4.78, 5) is 29.8. The van der Waals surface area contributed by atoms with E-state index in [0.717, 1.165) is 32.7 Å². The average molecular weight is 419 g/mol. The van der Waals surface area contributed by atoms with Gasteiger partial charge in [-0.05, 0) is 18.6 Å². The summed E-state index contributed by atoms with van der Waals surface area (Å²) in [6.07, 6.45) is 1.90. The molecule has 1 fully saturated rings. The molecule has 0 radical (unpaired) electrons. The Morgan fingerprint density at radius 3 is 2.62 bits per heavy atom. The first-order chi connectivity index (χ1) is 14.0. The van der Waals surface area contributed by atoms with Gasteiger partial charge in [-0.15, -0.1) is 6.58 Å². The van der Waals surface area contributed by atoms with E-state index >= 15 is 0 Å². The second kappa shape index (κ2) is 9.91. The van der Waals surface area contributed by atoms with Crippen LogP contribution < -0.4 is 10.6 Å². The predicted molar refractivity (Wildman–Crippen MR) is 113 cm³/mol. The molecular formula is C21H27ClN4O3. The molecule has 0 aromatic heterocycles. The van der Waals surface area contributed by atoms with Crippen molar-refractivity contribution in [3.05, 3.63) is 58.8 Å². The maximum atomic E-state index is 12.8. The third-order valence-electron chi connectivity index (χ3n) is 5.10. The van der Waals surface area contributed by atoms with Gasteiger partial charge in [-0.3, -0.25) is 9.80 Å². The second-order valence-corrected chi connectivity index (χ2v) is 7.44. The molecule has 1 atom stereocenters. The van der Waals surface area contributed by atoms with E-state index in [1.807, 2.05) is 24.3 Å². The van der Waals surface area contributed by atoms with Gasteiger partial charge in [0.05, 0.1) is 18.2 Å². The summed E-state index contributed by atoms with van der Waals surface area (Å²) >= 11 is 6.37. The van der Waals surface area contributed by atoms with Gasteiger partial charge in [0.1, 0.15) is 0 Å². The van der Waals surface area contributed by atoms with E-state index in [-0.39, 0.29) is 12.6 Å². The number of rotatable bonds is 7. The van der Waals surface area contributed by atoms with Crippen molar-refractivity contribution in [2.45, 2.75) is 13.0 Å². The molecule has 1 aromatic carbocycles. The highest BCUT2D eigenvalue weighted by Gasteiger charge is 2.35. The molecule has 2 amide bonds. The molecule has 3 rings (SSSR count). The van der Waals surface area contributed by atoms with Crippen LogP contribution in [0.4, 0.5) is 4.79 Å². The Kier molecular flexibility index (Phi) is 7.30. The monoisotopic (exact) mass is 418 g/mol. The highest BCUT2D eigenvalue weighted by Crippen LogP contribution is 2.32. The lowest BCUT2D eigenvalue weighted by Crippen LogP contribution is -2.51. The lowest BCUT2D eigenvalue weighted by molar-refractivity contribution is -0.139. The van der Waals surface area contributed by atoms with Crippen LogP contribution in [0.25, 0.3) is 0 Å². The van der Waals surface area contributed by atoms with Crippen LogP contribution in [0.2, 0.25) is 5.02 Å². The number of benzene rings is 1. The van der Waals surface area contributed by atoms with Gasteiger partial charge >= 0.3 is 12.0 Å². The number of nitrogens with zero attached hydrogens (tertiary/aromatic N) is 2. The van der Waals surface area contributed by atoms with Crippen LogP contribution in [-0.4, -0.2) is 67.7 Å². The Morgan fingerprint density at radius 2 is 1.97 bits per heavy atom. The maximum Gasteiger partial charge on any atom is 0.338 e. The molecule has 0 aliphatic carbocycles. The first kappa shape index (κ1) is 21.4. The third kappa shape index (κ3) is 5.18. The standard InChI is InChI=1S/C21H27ClN4O3/c1-3-9-25-10-12-26(13-11-25)14-17-18(20(27)29-4-2)19(24-21(28)23-17)15-7-5-6-8-16(15)22/h3,5-8,19H,1,4,9-14H2,2H3,(H2,23,24,28)/t19-/m0/s1. The Hall–Kier alpha value is -2.35. The third-order valence-corrected chi connectivity index (χ3v) is 5.44. The zero-order chi connectivity index (χ0) is 20.8. The predicted octanol–water partition coefficient (Wildman–Crippen LogP) is 2.31. The van der Waals surface area contributed by atoms with Crippen molar-refractivity contribution < 1.29 is 14.3 Å². The molecule has 29 heavy (non-hydrogen) atoms. The number of carbonyl (C=O) groups excluding carboxylic acids is 2. The number of ether oxygens (including phenoxy) is 1. The summed E-state index contributed by atoms with van der Waals surface area (Å²) in [6.45, 7) is 10.6. The highest BCUT2D eigenvalue weighted by molar-refractivity contribution is 6.31. The summed E-state index contributed by atoms with van der Waals surface area (Å²) in [7, 11) is 0. The van der Waals surface area contributed by atoms with E-state index in [4.69, 9.17) is 16.3 Å². The van der Waals surface area contributed by atoms with Crippen LogP contribution >= 0.6 is 11.6 Å². The average Bonchev–Trinajstić information content (AvgIpc) is 2.70. The first-order valence-corrected chi connectivity index (χ1v) is 10.2. The van der Waals surface area contributed by atoms with E-state index < -0.39 is 12.0 Å². The van der Waals surface area contributed by atoms with Crippen LogP contribution in [0.15, 0.2) is 48.2 Å². The van der Waals surface area contributed by atoms with E-state index in [1.54, 1.807) is 13.0 Å². The van der Waals surface area contributed by atoms with Crippen molar-refractivity contribution >= 4 is 23.6 Å². The number of hydrogen-bond donors (Lipinski definition) is 2. The maximum absolute atomic E-state index is 12.8. The quantitative estimate of drug-likeness (QED) is 0.525. The molecule has 0 unspecified atom stereocenters. The van der Waals surface area contributed by atoms with Crippen LogP contribution in [0.3, 0.4) is 0 Å². The van der Waals surface area contributed by atoms with Crippen molar-refractivity contribution in [2.75, 3.05) is 45.9 Å². The minimum absolute atomic E-state index is 0.249. The smallest absolute Gasteiger partial charge is 0.338 e. The fourth-order valence-electron chi connectivity index (χ4n) is 3.67. The Labute approximate surface area is 176 Å². The molecule has 0 spiro atoms. The Bertz CT molecular complexity index is 803. The number of nitrogens with one attached hydrogen (secondary N) is 2. The number of urea groups is 1. The lowest BCUT2D eigenvalue weighted by atomic mass is 9.95. The molecular weight excluding hydrogens is 392 g/mol. The first-order valence-electron chi connectivity index (χ1n) is 9.81. The van der Waals surface area contributed by atoms with Crippen molar-refractivity contribution in [1.82, 2.24) is 20.4 Å². The van der Waals surface area contributed by atoms with Crippen molar-refractivity contribution in [2.24, 2.45) is 0 Å². The van der Waals surface area contributed by atoms with Crippen LogP contribution in [-0.2, 0) is 9.53 Å². The van der Waals surface area contributed by atoms with Gasteiger partial charge in [0.25, 0.3) is 0 Å². The molecule has 7 nitrogen and oxygen atoms in total. The number of halogens is 1. The Morgan fingerprint density at radius 1 is 1.28 bits per heavy atom. The molecule has 2 aliphatic heterocycles. The summed E-state index contributed by atoms with van der Waals surface area (Å²) in [5.41, 5.74) is 1.63. The molecule has 1 aromatic rings. The zero-order valence-corrected chi connectivity index (χ0v) is 17.4. The van der Waals surface area contributed by atoms with Gasteiger partial charge in [-0.25, -0.2) is 9.59 Å². The fourth-order valence-corrected chi connectivity index (χ4v) is 3.92. The molecule has 0 bridgehead atoms. The SMILES string of the molecule is C=CCN1CCN(CC2=C(C(=O)OCC)[C@H](c3ccccc3Cl)NC(=O)N2)CC1. The zero-order valence-electron chi connectivity index (χ0n) is 16.6. The number of amides is 2. The largest absolute Gasteiger partial charge is 0.463 e. The molecule has 2 N–H and O–H groups in total. The van der Waals surface area contributed by atoms with Gasteiger partial charge in [0, 0.05) is 50.0 Å². The van der Waals surface area contributed by atoms with Gasteiger partial charge in [0.15, 0.2) is 0 Å². The van der Waals surface area contributed by atoms with Crippen LogP contribution in [0.1, 0.15) is 18.5 Å². The Balaban J connectivity index is 1.90. The van der Waals surface area contributed by atoms with Gasteiger partial charge in [-0.2, -0.15) is 0 Å². The van der Waals surface area contributed by atoms with Gasteiger partial charge in [-0.1, -0.05) is 35.9 Å². The second-order valence-electron chi connectivity index (χ2n) is 7.03. The molecule has 0 saturated carbocycles. The summed E-state index contributed by atoms with van der Waals surface area (Å²) in [5.74, 6) is -0.454. The van der Waals surface area contributed by atoms with Crippen LogP contribution in [0, 0.1) is 0 Å².